The van der Waals surface area contributed by atoms with Crippen LogP contribution >= 0.6 is 22.6 Å². The largest absolute Gasteiger partial charge is 0.483 e. The second kappa shape index (κ2) is 3.73. The molecule has 0 saturated carbocycles. The summed E-state index contributed by atoms with van der Waals surface area (Å²) in [5.41, 5.74) is 0.259. The Morgan fingerprint density at radius 3 is 2.75 bits per heavy atom. The molecule has 0 aliphatic carbocycles. The summed E-state index contributed by atoms with van der Waals surface area (Å²) in [4.78, 5) is 10.6. The van der Waals surface area contributed by atoms with Crippen molar-refractivity contribution < 1.29 is 9.66 Å². The summed E-state index contributed by atoms with van der Waals surface area (Å²) in [5.74, 6) is 0.569. The molecule has 0 fully saturated rings. The normalized spacial score (nSPS) is 16.4. The van der Waals surface area contributed by atoms with Gasteiger partial charge in [-0.2, -0.15) is 0 Å². The average molecular weight is 331 g/mol. The first kappa shape index (κ1) is 11.4. The van der Waals surface area contributed by atoms with Crippen molar-refractivity contribution in [3.05, 3.63) is 37.5 Å². The highest BCUT2D eigenvalue weighted by Gasteiger charge is 2.28. The molecular formula is C11H10INO3. The van der Waals surface area contributed by atoms with E-state index in [-0.39, 0.29) is 10.6 Å². The number of ether oxygens (including phenoxy) is 1. The molecule has 0 aromatic heterocycles. The Kier molecular flexibility index (Phi) is 2.65. The van der Waals surface area contributed by atoms with E-state index < -0.39 is 5.60 Å². The molecule has 1 aliphatic rings. The van der Waals surface area contributed by atoms with E-state index in [1.807, 2.05) is 42.5 Å². The molecular weight excluding hydrogens is 321 g/mol. The van der Waals surface area contributed by atoms with Crippen LogP contribution in [-0.2, 0) is 0 Å². The Bertz CT molecular complexity index is 494. The number of nitro groups is 1. The molecule has 0 N–H and O–H groups in total. The molecule has 0 unspecified atom stereocenters. The Hall–Kier alpha value is -1.11. The van der Waals surface area contributed by atoms with Crippen molar-refractivity contribution in [2.75, 3.05) is 0 Å². The first-order valence-corrected chi connectivity index (χ1v) is 5.84. The number of fused-ring (bicyclic) bond motifs is 1. The van der Waals surface area contributed by atoms with Crippen LogP contribution in [0.5, 0.6) is 5.75 Å². The van der Waals surface area contributed by atoms with Gasteiger partial charge in [-0.25, -0.2) is 0 Å². The molecule has 16 heavy (non-hydrogen) atoms. The van der Waals surface area contributed by atoms with Crippen molar-refractivity contribution in [3.8, 4) is 5.75 Å². The van der Waals surface area contributed by atoms with Gasteiger partial charge in [-0.1, -0.05) is 0 Å². The molecule has 0 bridgehead atoms. The smallest absolute Gasteiger partial charge is 0.293 e. The fourth-order valence-electron chi connectivity index (χ4n) is 1.60. The van der Waals surface area contributed by atoms with Gasteiger partial charge in [0.1, 0.15) is 11.4 Å². The van der Waals surface area contributed by atoms with Crippen LogP contribution in [0.25, 0.3) is 6.08 Å². The molecule has 1 heterocycles. The van der Waals surface area contributed by atoms with Gasteiger partial charge in [0, 0.05) is 0 Å². The number of rotatable bonds is 1. The maximum absolute atomic E-state index is 11.0. The van der Waals surface area contributed by atoms with Gasteiger partial charge < -0.3 is 4.74 Å². The van der Waals surface area contributed by atoms with Crippen molar-refractivity contribution in [3.63, 3.8) is 0 Å². The lowest BCUT2D eigenvalue weighted by molar-refractivity contribution is -0.386. The third-order valence-corrected chi connectivity index (χ3v) is 3.21. The van der Waals surface area contributed by atoms with Gasteiger partial charge in [-0.3, -0.25) is 10.1 Å². The molecule has 1 aromatic rings. The van der Waals surface area contributed by atoms with E-state index in [1.165, 1.54) is 0 Å². The number of halogens is 1. The predicted molar refractivity (Wildman–Crippen MR) is 69.6 cm³/mol. The van der Waals surface area contributed by atoms with Gasteiger partial charge in [0.25, 0.3) is 5.69 Å². The van der Waals surface area contributed by atoms with Crippen LogP contribution in [0.4, 0.5) is 5.69 Å². The van der Waals surface area contributed by atoms with Crippen LogP contribution in [-0.4, -0.2) is 10.5 Å². The SMILES string of the molecule is CC1(C)C=Cc2c(ccc(I)c2[N+](=O)[O-])O1. The lowest BCUT2D eigenvalue weighted by Crippen LogP contribution is -2.27. The maximum atomic E-state index is 11.0. The third-order valence-electron chi connectivity index (χ3n) is 2.33. The Labute approximate surface area is 107 Å². The summed E-state index contributed by atoms with van der Waals surface area (Å²) >= 11 is 1.96. The fraction of sp³-hybridized carbons (Fsp3) is 0.273. The van der Waals surface area contributed by atoms with E-state index in [0.29, 0.717) is 14.9 Å². The van der Waals surface area contributed by atoms with Gasteiger partial charge >= 0.3 is 0 Å². The first-order valence-electron chi connectivity index (χ1n) is 4.76. The number of hydrogen-bond acceptors (Lipinski definition) is 3. The average Bonchev–Trinajstić information content (AvgIpc) is 2.16. The Morgan fingerprint density at radius 1 is 1.44 bits per heavy atom. The predicted octanol–water partition coefficient (Wildman–Crippen LogP) is 3.38. The van der Waals surface area contributed by atoms with Gasteiger partial charge in [0.05, 0.1) is 14.1 Å². The molecule has 0 amide bonds. The summed E-state index contributed by atoms with van der Waals surface area (Å²) < 4.78 is 6.29. The zero-order valence-electron chi connectivity index (χ0n) is 8.86. The maximum Gasteiger partial charge on any atom is 0.293 e. The Balaban J connectivity index is 2.63. The molecule has 0 radical (unpaired) electrons. The van der Waals surface area contributed by atoms with E-state index in [9.17, 15) is 10.1 Å². The topological polar surface area (TPSA) is 52.4 Å². The van der Waals surface area contributed by atoms with Gasteiger partial charge in [0.15, 0.2) is 0 Å². The van der Waals surface area contributed by atoms with Gasteiger partial charge in [0.2, 0.25) is 0 Å². The highest BCUT2D eigenvalue weighted by molar-refractivity contribution is 14.1. The van der Waals surface area contributed by atoms with Crippen LogP contribution in [0.2, 0.25) is 0 Å². The zero-order valence-corrected chi connectivity index (χ0v) is 11.0. The van der Waals surface area contributed by atoms with Crippen molar-refractivity contribution >= 4 is 34.4 Å². The van der Waals surface area contributed by atoms with Crippen molar-refractivity contribution in [1.29, 1.82) is 0 Å². The van der Waals surface area contributed by atoms with E-state index in [2.05, 4.69) is 0 Å². The fourth-order valence-corrected chi connectivity index (χ4v) is 2.27. The molecule has 0 saturated heterocycles. The summed E-state index contributed by atoms with van der Waals surface area (Å²) in [6.07, 6.45) is 3.59. The van der Waals surface area contributed by atoms with E-state index in [4.69, 9.17) is 4.74 Å². The van der Waals surface area contributed by atoms with Gasteiger partial charge in [-0.05, 0) is 60.7 Å². The molecule has 0 spiro atoms. The number of benzene rings is 1. The minimum atomic E-state index is -0.409. The Morgan fingerprint density at radius 2 is 2.12 bits per heavy atom. The van der Waals surface area contributed by atoms with E-state index in [1.54, 1.807) is 18.2 Å². The molecule has 1 aromatic carbocycles. The highest BCUT2D eigenvalue weighted by atomic mass is 127. The van der Waals surface area contributed by atoms with E-state index in [0.717, 1.165) is 0 Å². The summed E-state index contributed by atoms with van der Waals surface area (Å²) in [6, 6.07) is 3.47. The molecule has 4 nitrogen and oxygen atoms in total. The quantitative estimate of drug-likeness (QED) is 0.450. The summed E-state index contributed by atoms with van der Waals surface area (Å²) in [7, 11) is 0. The first-order chi connectivity index (χ1) is 7.41. The van der Waals surface area contributed by atoms with E-state index >= 15 is 0 Å². The molecule has 0 atom stereocenters. The lowest BCUT2D eigenvalue weighted by atomic mass is 10.0. The van der Waals surface area contributed by atoms with Crippen LogP contribution in [0.1, 0.15) is 19.4 Å². The monoisotopic (exact) mass is 331 g/mol. The van der Waals surface area contributed by atoms with Crippen molar-refractivity contribution in [2.24, 2.45) is 0 Å². The number of nitro benzene ring substituents is 1. The number of nitrogens with zero attached hydrogens (tertiary/aromatic N) is 1. The molecule has 1 aliphatic heterocycles. The lowest BCUT2D eigenvalue weighted by Gasteiger charge is -2.27. The summed E-state index contributed by atoms with van der Waals surface area (Å²) in [5, 5.41) is 11.0. The van der Waals surface area contributed by atoms with Crippen molar-refractivity contribution in [1.82, 2.24) is 0 Å². The summed E-state index contributed by atoms with van der Waals surface area (Å²) in [6.45, 7) is 3.83. The van der Waals surface area contributed by atoms with Gasteiger partial charge in [-0.15, -0.1) is 0 Å². The second-order valence-electron chi connectivity index (χ2n) is 4.10. The standard InChI is InChI=1S/C11H10INO3/c1-11(2)6-5-7-9(16-11)4-3-8(12)10(7)13(14)15/h3-6H,1-2H3. The van der Waals surface area contributed by atoms with Crippen molar-refractivity contribution in [2.45, 2.75) is 19.4 Å². The molecule has 5 heteroatoms. The third kappa shape index (κ3) is 1.91. The van der Waals surface area contributed by atoms with Crippen LogP contribution in [0.3, 0.4) is 0 Å². The second-order valence-corrected chi connectivity index (χ2v) is 5.27. The van der Waals surface area contributed by atoms with Crippen LogP contribution < -0.4 is 4.74 Å². The molecule has 84 valence electrons. The molecule has 2 rings (SSSR count). The zero-order chi connectivity index (χ0) is 11.9. The van der Waals surface area contributed by atoms with Crippen LogP contribution in [0.15, 0.2) is 18.2 Å². The van der Waals surface area contributed by atoms with Crippen LogP contribution in [0, 0.1) is 13.7 Å². The number of hydrogen-bond donors (Lipinski definition) is 0. The minimum absolute atomic E-state index is 0.116. The highest BCUT2D eigenvalue weighted by Crippen LogP contribution is 2.38. The minimum Gasteiger partial charge on any atom is -0.483 e.